The average Bonchev–Trinajstić information content (AvgIpc) is 3.10. The van der Waals surface area contributed by atoms with E-state index in [0.29, 0.717) is 6.42 Å². The second-order valence-corrected chi connectivity index (χ2v) is 9.12. The van der Waals surface area contributed by atoms with E-state index in [4.69, 9.17) is 4.74 Å². The van der Waals surface area contributed by atoms with Crippen molar-refractivity contribution in [2.75, 3.05) is 18.1 Å². The Morgan fingerprint density at radius 2 is 2.14 bits per heavy atom. The Labute approximate surface area is 165 Å². The zero-order valence-corrected chi connectivity index (χ0v) is 17.1. The van der Waals surface area contributed by atoms with Gasteiger partial charge in [0.05, 0.1) is 11.5 Å². The van der Waals surface area contributed by atoms with Crippen LogP contribution in [0.1, 0.15) is 36.7 Å². The van der Waals surface area contributed by atoms with Crippen LogP contribution in [0, 0.1) is 25.2 Å². The van der Waals surface area contributed by atoms with Crippen molar-refractivity contribution in [3.05, 3.63) is 28.6 Å². The summed E-state index contributed by atoms with van der Waals surface area (Å²) in [5.41, 5.74) is 2.52. The van der Waals surface area contributed by atoms with Gasteiger partial charge in [-0.25, -0.2) is 13.2 Å². The number of sulfone groups is 1. The third kappa shape index (κ3) is 5.45. The molecule has 0 radical (unpaired) electrons. The zero-order valence-electron chi connectivity index (χ0n) is 16.3. The maximum Gasteiger partial charge on any atom is 0.349 e. The molecule has 1 saturated heterocycles. The molecule has 1 unspecified atom stereocenters. The van der Waals surface area contributed by atoms with Gasteiger partial charge < -0.3 is 14.6 Å². The second kappa shape index (κ2) is 9.06. The number of aryl methyl sites for hydroxylation is 1. The maximum absolute atomic E-state index is 12.2. The number of ether oxygens (including phenoxy) is 1. The molecule has 1 aromatic heterocycles. The van der Waals surface area contributed by atoms with E-state index in [9.17, 15) is 23.3 Å². The third-order valence-corrected chi connectivity index (χ3v) is 6.40. The summed E-state index contributed by atoms with van der Waals surface area (Å²) in [6.45, 7) is 6.21. The van der Waals surface area contributed by atoms with Crippen LogP contribution in [0.5, 0.6) is 0 Å². The fourth-order valence-corrected chi connectivity index (χ4v) is 4.89. The SMILES string of the molecule is CCCn1c(C)cc(/C=C(\C#N)C(=O)OCC(=O)NC2CCS(=O)(=O)C2)c1C. The Morgan fingerprint density at radius 1 is 1.43 bits per heavy atom. The van der Waals surface area contributed by atoms with Gasteiger partial charge >= 0.3 is 5.97 Å². The van der Waals surface area contributed by atoms with Crippen molar-refractivity contribution in [3.63, 3.8) is 0 Å². The molecule has 0 saturated carbocycles. The van der Waals surface area contributed by atoms with Gasteiger partial charge in [-0.3, -0.25) is 4.79 Å². The van der Waals surface area contributed by atoms with Crippen molar-refractivity contribution in [1.29, 1.82) is 5.26 Å². The lowest BCUT2D eigenvalue weighted by Crippen LogP contribution is -2.38. The van der Waals surface area contributed by atoms with Crippen LogP contribution in [0.25, 0.3) is 6.08 Å². The maximum atomic E-state index is 12.2. The molecule has 1 N–H and O–H groups in total. The van der Waals surface area contributed by atoms with Gasteiger partial charge in [0.1, 0.15) is 11.6 Å². The highest BCUT2D eigenvalue weighted by molar-refractivity contribution is 7.91. The van der Waals surface area contributed by atoms with Crippen LogP contribution >= 0.6 is 0 Å². The fraction of sp³-hybridized carbons (Fsp3) is 0.526. The molecule has 1 aromatic rings. The number of nitrogens with zero attached hydrogens (tertiary/aromatic N) is 2. The third-order valence-electron chi connectivity index (χ3n) is 4.63. The molecule has 9 heteroatoms. The van der Waals surface area contributed by atoms with Gasteiger partial charge in [-0.1, -0.05) is 6.92 Å². The standard InChI is InChI=1S/C19H25N3O5S/c1-4-6-22-13(2)8-15(14(22)3)9-16(10-20)19(24)27-11-18(23)21-17-5-7-28(25,26)12-17/h8-9,17H,4-7,11-12H2,1-3H3,(H,21,23)/b16-9+. The number of rotatable bonds is 7. The van der Waals surface area contributed by atoms with Crippen LogP contribution < -0.4 is 5.32 Å². The molecule has 8 nitrogen and oxygen atoms in total. The van der Waals surface area contributed by atoms with Crippen molar-refractivity contribution in [2.24, 2.45) is 0 Å². The van der Waals surface area contributed by atoms with Gasteiger partial charge in [0, 0.05) is 24.0 Å². The summed E-state index contributed by atoms with van der Waals surface area (Å²) in [4.78, 5) is 24.0. The first-order valence-corrected chi connectivity index (χ1v) is 10.9. The number of aromatic nitrogens is 1. The Morgan fingerprint density at radius 3 is 2.71 bits per heavy atom. The Kier molecular flexibility index (Phi) is 7.02. The molecule has 28 heavy (non-hydrogen) atoms. The molecular formula is C19H25N3O5S. The molecule has 1 amide bonds. The highest BCUT2D eigenvalue weighted by atomic mass is 32.2. The molecule has 0 bridgehead atoms. The number of esters is 1. The lowest BCUT2D eigenvalue weighted by molar-refractivity contribution is -0.144. The molecule has 0 aliphatic carbocycles. The molecule has 0 spiro atoms. The van der Waals surface area contributed by atoms with E-state index >= 15 is 0 Å². The molecule has 0 aromatic carbocycles. The van der Waals surface area contributed by atoms with Gasteiger partial charge in [-0.15, -0.1) is 0 Å². The van der Waals surface area contributed by atoms with E-state index in [1.807, 2.05) is 26.0 Å². The van der Waals surface area contributed by atoms with Crippen LogP contribution in [0.15, 0.2) is 11.6 Å². The van der Waals surface area contributed by atoms with Gasteiger partial charge in [-0.2, -0.15) is 5.26 Å². The van der Waals surface area contributed by atoms with E-state index in [1.54, 1.807) is 0 Å². The lowest BCUT2D eigenvalue weighted by Gasteiger charge is -2.10. The Bertz CT molecular complexity index is 938. The quantitative estimate of drug-likeness (QED) is 0.413. The van der Waals surface area contributed by atoms with Crippen LogP contribution in [-0.2, 0) is 30.7 Å². The first kappa shape index (κ1) is 21.7. The minimum absolute atomic E-state index is 0.0372. The number of hydrogen-bond donors (Lipinski definition) is 1. The largest absolute Gasteiger partial charge is 0.451 e. The summed E-state index contributed by atoms with van der Waals surface area (Å²) in [6.07, 6.45) is 2.76. The molecule has 1 fully saturated rings. The summed E-state index contributed by atoms with van der Waals surface area (Å²) >= 11 is 0. The first-order chi connectivity index (χ1) is 13.2. The summed E-state index contributed by atoms with van der Waals surface area (Å²) in [5.74, 6) is -1.55. The van der Waals surface area contributed by atoms with Gasteiger partial charge in [0.15, 0.2) is 16.4 Å². The van der Waals surface area contributed by atoms with Gasteiger partial charge in [0.2, 0.25) is 0 Å². The normalized spacial score (nSPS) is 18.5. The van der Waals surface area contributed by atoms with Crippen molar-refractivity contribution >= 4 is 27.8 Å². The Balaban J connectivity index is 1.98. The number of carbonyl (C=O) groups is 2. The molecule has 152 valence electrons. The van der Waals surface area contributed by atoms with Crippen molar-refractivity contribution < 1.29 is 22.7 Å². The molecule has 2 heterocycles. The predicted molar refractivity (Wildman–Crippen MR) is 104 cm³/mol. The first-order valence-electron chi connectivity index (χ1n) is 9.12. The number of carbonyl (C=O) groups excluding carboxylic acids is 2. The average molecular weight is 407 g/mol. The number of nitriles is 1. The van der Waals surface area contributed by atoms with Crippen LogP contribution in [0.3, 0.4) is 0 Å². The summed E-state index contributed by atoms with van der Waals surface area (Å²) in [5, 5.41) is 11.8. The highest BCUT2D eigenvalue weighted by Gasteiger charge is 2.29. The monoisotopic (exact) mass is 407 g/mol. The number of nitrogens with one attached hydrogen (secondary N) is 1. The van der Waals surface area contributed by atoms with E-state index in [1.165, 1.54) is 6.08 Å². The van der Waals surface area contributed by atoms with E-state index < -0.39 is 34.4 Å². The van der Waals surface area contributed by atoms with Gasteiger partial charge in [-0.05, 0) is 44.4 Å². The minimum Gasteiger partial charge on any atom is -0.451 e. The van der Waals surface area contributed by atoms with Crippen molar-refractivity contribution in [2.45, 2.75) is 46.2 Å². The summed E-state index contributed by atoms with van der Waals surface area (Å²) in [6, 6.07) is 3.24. The molecule has 1 atom stereocenters. The summed E-state index contributed by atoms with van der Waals surface area (Å²) < 4.78 is 29.8. The highest BCUT2D eigenvalue weighted by Crippen LogP contribution is 2.19. The van der Waals surface area contributed by atoms with Crippen LogP contribution in [-0.4, -0.2) is 49.0 Å². The van der Waals surface area contributed by atoms with Gasteiger partial charge in [0.25, 0.3) is 5.91 Å². The molecule has 1 aliphatic rings. The smallest absolute Gasteiger partial charge is 0.349 e. The van der Waals surface area contributed by atoms with Crippen molar-refractivity contribution in [1.82, 2.24) is 9.88 Å². The molecular weight excluding hydrogens is 382 g/mol. The molecule has 1 aliphatic heterocycles. The van der Waals surface area contributed by atoms with E-state index in [-0.39, 0.29) is 17.1 Å². The Hall–Kier alpha value is -2.60. The van der Waals surface area contributed by atoms with Crippen molar-refractivity contribution in [3.8, 4) is 6.07 Å². The fourth-order valence-electron chi connectivity index (χ4n) is 3.22. The van der Waals surface area contributed by atoms with Crippen LogP contribution in [0.2, 0.25) is 0 Å². The predicted octanol–water partition coefficient (Wildman–Crippen LogP) is 1.27. The molecule has 2 rings (SSSR count). The topological polar surface area (TPSA) is 118 Å². The number of hydrogen-bond acceptors (Lipinski definition) is 6. The summed E-state index contributed by atoms with van der Waals surface area (Å²) in [7, 11) is -3.11. The number of amides is 1. The van der Waals surface area contributed by atoms with Crippen LogP contribution in [0.4, 0.5) is 0 Å². The minimum atomic E-state index is -3.11. The lowest BCUT2D eigenvalue weighted by atomic mass is 10.1. The van der Waals surface area contributed by atoms with E-state index in [2.05, 4.69) is 16.8 Å². The second-order valence-electron chi connectivity index (χ2n) is 6.89. The van der Waals surface area contributed by atoms with E-state index in [0.717, 1.165) is 29.9 Å². The zero-order chi connectivity index (χ0) is 20.9.